The average Bonchev–Trinajstić information content (AvgIpc) is 2.51. The highest BCUT2D eigenvalue weighted by Crippen LogP contribution is 2.31. The van der Waals surface area contributed by atoms with E-state index in [2.05, 4.69) is 11.4 Å². The minimum atomic E-state index is -0.528. The number of methoxy groups -OCH3 is 1. The normalized spacial score (nSPS) is 20.4. The molecule has 0 spiro atoms. The monoisotopic (exact) mass is 295 g/mol. The van der Waals surface area contributed by atoms with Gasteiger partial charge in [0.1, 0.15) is 5.75 Å². The first-order valence-corrected chi connectivity index (χ1v) is 7.44. The van der Waals surface area contributed by atoms with E-state index in [1.54, 1.807) is 7.11 Å². The Bertz CT molecular complexity index is 426. The molecule has 1 aliphatic rings. The molecule has 0 amide bonds. The molecule has 2 N–H and O–H groups in total. The van der Waals surface area contributed by atoms with Crippen LogP contribution >= 0.6 is 0 Å². The van der Waals surface area contributed by atoms with E-state index in [1.807, 2.05) is 25.1 Å². The molecule has 2 rings (SSSR count). The fourth-order valence-corrected chi connectivity index (χ4v) is 2.45. The van der Waals surface area contributed by atoms with Crippen LogP contribution in [0, 0.1) is 0 Å². The molecule has 21 heavy (non-hydrogen) atoms. The first-order chi connectivity index (χ1) is 10.2. The van der Waals surface area contributed by atoms with Crippen molar-refractivity contribution in [1.82, 2.24) is 5.32 Å². The van der Waals surface area contributed by atoms with Crippen LogP contribution < -0.4 is 10.1 Å². The zero-order chi connectivity index (χ0) is 15.1. The van der Waals surface area contributed by atoms with Gasteiger partial charge in [-0.1, -0.05) is 18.2 Å². The Hall–Kier alpha value is -1.14. The second-order valence-corrected chi connectivity index (χ2v) is 5.39. The van der Waals surface area contributed by atoms with Gasteiger partial charge in [0.25, 0.3) is 0 Å². The first-order valence-electron chi connectivity index (χ1n) is 7.44. The zero-order valence-corrected chi connectivity index (χ0v) is 12.7. The molecule has 118 valence electrons. The summed E-state index contributed by atoms with van der Waals surface area (Å²) in [6.45, 7) is 3.97. The quantitative estimate of drug-likeness (QED) is 0.761. The van der Waals surface area contributed by atoms with Gasteiger partial charge in [-0.05, 0) is 13.0 Å². The van der Waals surface area contributed by atoms with Crippen molar-refractivity contribution in [2.45, 2.75) is 31.6 Å². The maximum atomic E-state index is 9.99. The smallest absolute Gasteiger partial charge is 0.124 e. The Morgan fingerprint density at radius 3 is 3.00 bits per heavy atom. The third-order valence-electron chi connectivity index (χ3n) is 3.53. The number of aliphatic hydroxyl groups excluding tert-OH is 1. The van der Waals surface area contributed by atoms with Crippen LogP contribution in [-0.2, 0) is 9.47 Å². The Morgan fingerprint density at radius 1 is 1.38 bits per heavy atom. The first kappa shape index (κ1) is 16.2. The predicted molar refractivity (Wildman–Crippen MR) is 80.6 cm³/mol. The highest BCUT2D eigenvalue weighted by molar-refractivity contribution is 5.37. The SMILES string of the molecule is COCC(C)OCC(O)CNC1CCOc2ccccc21. The van der Waals surface area contributed by atoms with Crippen LogP contribution in [0.1, 0.15) is 24.9 Å². The molecule has 0 saturated heterocycles. The number of nitrogens with one attached hydrogen (secondary N) is 1. The van der Waals surface area contributed by atoms with Gasteiger partial charge in [0.2, 0.25) is 0 Å². The Labute approximate surface area is 126 Å². The van der Waals surface area contributed by atoms with Crippen molar-refractivity contribution in [3.8, 4) is 5.75 Å². The lowest BCUT2D eigenvalue weighted by atomic mass is 10.0. The van der Waals surface area contributed by atoms with Crippen LogP contribution in [0.15, 0.2) is 24.3 Å². The van der Waals surface area contributed by atoms with Gasteiger partial charge in [-0.3, -0.25) is 0 Å². The molecule has 0 saturated carbocycles. The zero-order valence-electron chi connectivity index (χ0n) is 12.7. The summed E-state index contributed by atoms with van der Waals surface area (Å²) >= 11 is 0. The summed E-state index contributed by atoms with van der Waals surface area (Å²) in [5, 5.41) is 13.4. The van der Waals surface area contributed by atoms with E-state index < -0.39 is 6.10 Å². The topological polar surface area (TPSA) is 60.0 Å². The standard InChI is InChI=1S/C16H25NO4/c1-12(10-19-2)21-11-13(18)9-17-15-7-8-20-16-6-4-3-5-14(15)16/h3-6,12-13,15,17-18H,7-11H2,1-2H3. The van der Waals surface area contributed by atoms with Gasteiger partial charge in [0.15, 0.2) is 0 Å². The van der Waals surface area contributed by atoms with Crippen LogP contribution in [0.25, 0.3) is 0 Å². The van der Waals surface area contributed by atoms with Crippen LogP contribution in [0.5, 0.6) is 5.75 Å². The van der Waals surface area contributed by atoms with Gasteiger partial charge < -0.3 is 24.6 Å². The van der Waals surface area contributed by atoms with Gasteiger partial charge >= 0.3 is 0 Å². The van der Waals surface area contributed by atoms with Crippen molar-refractivity contribution in [3.05, 3.63) is 29.8 Å². The van der Waals surface area contributed by atoms with Crippen LogP contribution in [0.4, 0.5) is 0 Å². The molecular formula is C16H25NO4. The summed E-state index contributed by atoms with van der Waals surface area (Å²) in [7, 11) is 1.64. The van der Waals surface area contributed by atoms with Gasteiger partial charge in [-0.2, -0.15) is 0 Å². The minimum absolute atomic E-state index is 0.00606. The third kappa shape index (κ3) is 4.97. The predicted octanol–water partition coefficient (Wildman–Crippen LogP) is 1.51. The van der Waals surface area contributed by atoms with E-state index in [0.29, 0.717) is 26.4 Å². The molecule has 5 nitrogen and oxygen atoms in total. The molecule has 1 aromatic carbocycles. The summed E-state index contributed by atoms with van der Waals surface area (Å²) in [5.74, 6) is 0.931. The van der Waals surface area contributed by atoms with E-state index in [1.165, 1.54) is 0 Å². The van der Waals surface area contributed by atoms with Crippen LogP contribution in [0.3, 0.4) is 0 Å². The van der Waals surface area contributed by atoms with Gasteiger partial charge in [0, 0.05) is 31.7 Å². The number of ether oxygens (including phenoxy) is 3. The molecule has 0 aromatic heterocycles. The minimum Gasteiger partial charge on any atom is -0.493 e. The Kier molecular flexibility index (Phi) is 6.45. The molecule has 0 bridgehead atoms. The molecule has 3 unspecified atom stereocenters. The molecule has 0 radical (unpaired) electrons. The lowest BCUT2D eigenvalue weighted by Gasteiger charge is -2.27. The largest absolute Gasteiger partial charge is 0.493 e. The number of hydrogen-bond donors (Lipinski definition) is 2. The summed E-state index contributed by atoms with van der Waals surface area (Å²) in [5.41, 5.74) is 1.16. The molecule has 0 fully saturated rings. The van der Waals surface area contributed by atoms with Gasteiger partial charge in [-0.15, -0.1) is 0 Å². The van der Waals surface area contributed by atoms with E-state index in [9.17, 15) is 5.11 Å². The highest BCUT2D eigenvalue weighted by Gasteiger charge is 2.21. The highest BCUT2D eigenvalue weighted by atomic mass is 16.5. The number of aliphatic hydroxyl groups is 1. The molecular weight excluding hydrogens is 270 g/mol. The number of hydrogen-bond acceptors (Lipinski definition) is 5. The average molecular weight is 295 g/mol. The van der Waals surface area contributed by atoms with Crippen molar-refractivity contribution in [2.24, 2.45) is 0 Å². The maximum Gasteiger partial charge on any atom is 0.124 e. The van der Waals surface area contributed by atoms with Gasteiger partial charge in [-0.25, -0.2) is 0 Å². The molecule has 1 aromatic rings. The summed E-state index contributed by atoms with van der Waals surface area (Å²) in [6.07, 6.45) is 0.373. The lowest BCUT2D eigenvalue weighted by Crippen LogP contribution is -2.36. The summed E-state index contributed by atoms with van der Waals surface area (Å²) in [6, 6.07) is 8.25. The van der Waals surface area contributed by atoms with Crippen molar-refractivity contribution in [1.29, 1.82) is 0 Å². The Balaban J connectivity index is 1.76. The number of rotatable bonds is 8. The molecule has 1 heterocycles. The van der Waals surface area contributed by atoms with E-state index in [4.69, 9.17) is 14.2 Å². The number of para-hydroxylation sites is 1. The number of benzene rings is 1. The summed E-state index contributed by atoms with van der Waals surface area (Å²) in [4.78, 5) is 0. The maximum absolute atomic E-state index is 9.99. The molecule has 5 heteroatoms. The fraction of sp³-hybridized carbons (Fsp3) is 0.625. The van der Waals surface area contributed by atoms with Crippen molar-refractivity contribution in [2.75, 3.05) is 33.5 Å². The lowest BCUT2D eigenvalue weighted by molar-refractivity contribution is -0.0318. The van der Waals surface area contributed by atoms with Crippen LogP contribution in [0.2, 0.25) is 0 Å². The van der Waals surface area contributed by atoms with E-state index in [-0.39, 0.29) is 12.1 Å². The van der Waals surface area contributed by atoms with E-state index >= 15 is 0 Å². The molecule has 1 aliphatic heterocycles. The summed E-state index contributed by atoms with van der Waals surface area (Å²) < 4.78 is 16.1. The fourth-order valence-electron chi connectivity index (χ4n) is 2.45. The molecule has 3 atom stereocenters. The second kappa shape index (κ2) is 8.34. The van der Waals surface area contributed by atoms with Gasteiger partial charge in [0.05, 0.1) is 32.0 Å². The van der Waals surface area contributed by atoms with E-state index in [0.717, 1.165) is 17.7 Å². The number of fused-ring (bicyclic) bond motifs is 1. The second-order valence-electron chi connectivity index (χ2n) is 5.39. The van der Waals surface area contributed by atoms with Crippen molar-refractivity contribution in [3.63, 3.8) is 0 Å². The van der Waals surface area contributed by atoms with Crippen molar-refractivity contribution >= 4 is 0 Å². The third-order valence-corrected chi connectivity index (χ3v) is 3.53. The van der Waals surface area contributed by atoms with Crippen LogP contribution in [-0.4, -0.2) is 50.8 Å². The molecule has 0 aliphatic carbocycles. The van der Waals surface area contributed by atoms with Crippen molar-refractivity contribution < 1.29 is 19.3 Å². The Morgan fingerprint density at radius 2 is 2.19 bits per heavy atom.